The summed E-state index contributed by atoms with van der Waals surface area (Å²) in [5, 5.41) is 9.66. The normalized spacial score (nSPS) is 26.4. The molecule has 1 heterocycles. The Morgan fingerprint density at radius 3 is 2.71 bits per heavy atom. The first kappa shape index (κ1) is 10.8. The quantitative estimate of drug-likeness (QED) is 0.735. The van der Waals surface area contributed by atoms with Crippen LogP contribution in [-0.2, 0) is 0 Å². The zero-order chi connectivity index (χ0) is 10.2. The molecule has 0 spiro atoms. The molecule has 0 saturated heterocycles. The molecule has 2 rings (SSSR count). The van der Waals surface area contributed by atoms with Crippen molar-refractivity contribution in [2.24, 2.45) is 5.41 Å². The average Bonchev–Trinajstić information content (AvgIpc) is 2.51. The Balaban J connectivity index is 2.23. The van der Waals surface area contributed by atoms with Gasteiger partial charge in [0.15, 0.2) is 3.01 Å². The van der Waals surface area contributed by atoms with E-state index >= 15 is 0 Å². The minimum absolute atomic E-state index is 0.418. The predicted octanol–water partition coefficient (Wildman–Crippen LogP) is 3.83. The lowest BCUT2D eigenvalue weighted by Crippen LogP contribution is -2.25. The van der Waals surface area contributed by atoms with Crippen molar-refractivity contribution >= 4 is 33.9 Å². The Morgan fingerprint density at radius 2 is 2.14 bits per heavy atom. The van der Waals surface area contributed by atoms with E-state index in [0.717, 1.165) is 3.01 Å². The molecule has 1 saturated carbocycles. The van der Waals surface area contributed by atoms with E-state index in [0.29, 0.717) is 11.3 Å². The smallest absolute Gasteiger partial charge is 0.142 e. The van der Waals surface area contributed by atoms with E-state index in [1.165, 1.54) is 30.7 Å². The van der Waals surface area contributed by atoms with Crippen LogP contribution in [0, 0.1) is 8.43 Å². The molecule has 1 aromatic heterocycles. The van der Waals surface area contributed by atoms with E-state index in [9.17, 15) is 0 Å². The van der Waals surface area contributed by atoms with Crippen LogP contribution in [0.3, 0.4) is 0 Å². The molecular weight excluding hydrogens is 307 g/mol. The van der Waals surface area contributed by atoms with E-state index in [4.69, 9.17) is 0 Å². The minimum atomic E-state index is 0.418. The molecule has 4 heteroatoms. The molecule has 1 aliphatic carbocycles. The van der Waals surface area contributed by atoms with Crippen molar-refractivity contribution in [2.45, 2.75) is 45.4 Å². The fourth-order valence-corrected chi connectivity index (χ4v) is 4.01. The average molecular weight is 322 g/mol. The van der Waals surface area contributed by atoms with Crippen molar-refractivity contribution in [3.8, 4) is 0 Å². The fourth-order valence-electron chi connectivity index (χ4n) is 2.31. The summed E-state index contributed by atoms with van der Waals surface area (Å²) >= 11 is 4.01. The molecule has 1 fully saturated rings. The summed E-state index contributed by atoms with van der Waals surface area (Å²) in [6.07, 6.45) is 5.34. The van der Waals surface area contributed by atoms with Gasteiger partial charge in [-0.1, -0.05) is 38.0 Å². The summed E-state index contributed by atoms with van der Waals surface area (Å²) < 4.78 is 1.07. The first-order valence-electron chi connectivity index (χ1n) is 5.08. The van der Waals surface area contributed by atoms with Crippen molar-refractivity contribution in [2.75, 3.05) is 0 Å². The summed E-state index contributed by atoms with van der Waals surface area (Å²) in [4.78, 5) is 0. The Labute approximate surface area is 103 Å². The SMILES string of the molecule is CC1(C)CCCCC1c1nnc(I)s1. The van der Waals surface area contributed by atoms with Crippen LogP contribution in [0.25, 0.3) is 0 Å². The highest BCUT2D eigenvalue weighted by Crippen LogP contribution is 2.47. The van der Waals surface area contributed by atoms with Crippen molar-refractivity contribution in [1.29, 1.82) is 0 Å². The molecule has 0 amide bonds. The lowest BCUT2D eigenvalue weighted by Gasteiger charge is -2.37. The molecule has 1 atom stereocenters. The summed E-state index contributed by atoms with van der Waals surface area (Å²) in [6, 6.07) is 0. The first-order valence-corrected chi connectivity index (χ1v) is 6.98. The second kappa shape index (κ2) is 4.04. The van der Waals surface area contributed by atoms with E-state index in [-0.39, 0.29) is 0 Å². The van der Waals surface area contributed by atoms with Crippen LogP contribution >= 0.6 is 33.9 Å². The van der Waals surface area contributed by atoms with E-state index in [1.807, 2.05) is 0 Å². The van der Waals surface area contributed by atoms with Gasteiger partial charge >= 0.3 is 0 Å². The van der Waals surface area contributed by atoms with Gasteiger partial charge in [0.25, 0.3) is 0 Å². The molecule has 0 bridgehead atoms. The number of rotatable bonds is 1. The molecule has 0 radical (unpaired) electrons. The second-order valence-electron chi connectivity index (χ2n) is 4.68. The Bertz CT molecular complexity index is 322. The molecule has 1 aliphatic rings. The van der Waals surface area contributed by atoms with Gasteiger partial charge in [0.1, 0.15) is 5.01 Å². The maximum absolute atomic E-state index is 4.30. The summed E-state index contributed by atoms with van der Waals surface area (Å²) in [5.41, 5.74) is 0.418. The van der Waals surface area contributed by atoms with Crippen LogP contribution < -0.4 is 0 Å². The molecular formula is C10H15IN2S. The third kappa shape index (κ3) is 2.10. The monoisotopic (exact) mass is 322 g/mol. The molecule has 1 unspecified atom stereocenters. The van der Waals surface area contributed by atoms with Crippen LogP contribution in [0.2, 0.25) is 0 Å². The van der Waals surface area contributed by atoms with Crippen LogP contribution in [0.1, 0.15) is 50.5 Å². The lowest BCUT2D eigenvalue weighted by atomic mass is 9.69. The highest BCUT2D eigenvalue weighted by atomic mass is 127. The molecule has 0 aliphatic heterocycles. The van der Waals surface area contributed by atoms with E-state index in [2.05, 4.69) is 46.6 Å². The van der Waals surface area contributed by atoms with Crippen molar-refractivity contribution < 1.29 is 0 Å². The van der Waals surface area contributed by atoms with E-state index in [1.54, 1.807) is 11.3 Å². The summed E-state index contributed by atoms with van der Waals surface area (Å²) in [5.74, 6) is 0.636. The molecule has 2 nitrogen and oxygen atoms in total. The zero-order valence-electron chi connectivity index (χ0n) is 8.59. The summed E-state index contributed by atoms with van der Waals surface area (Å²) in [6.45, 7) is 4.73. The van der Waals surface area contributed by atoms with Gasteiger partial charge in [-0.15, -0.1) is 10.2 Å². The topological polar surface area (TPSA) is 25.8 Å². The number of hydrogen-bond acceptors (Lipinski definition) is 3. The zero-order valence-corrected chi connectivity index (χ0v) is 11.6. The number of nitrogens with zero attached hydrogens (tertiary/aromatic N) is 2. The number of aromatic nitrogens is 2. The van der Waals surface area contributed by atoms with Crippen LogP contribution in [-0.4, -0.2) is 10.2 Å². The van der Waals surface area contributed by atoms with Crippen molar-refractivity contribution in [3.05, 3.63) is 8.02 Å². The molecule has 78 valence electrons. The standard InChI is InChI=1S/C10H15IN2S/c1-10(2)6-4-3-5-7(10)8-12-13-9(11)14-8/h7H,3-6H2,1-2H3. The van der Waals surface area contributed by atoms with Crippen LogP contribution in [0.4, 0.5) is 0 Å². The highest BCUT2D eigenvalue weighted by Gasteiger charge is 2.35. The molecule has 1 aromatic rings. The van der Waals surface area contributed by atoms with Gasteiger partial charge in [0.2, 0.25) is 0 Å². The fraction of sp³-hybridized carbons (Fsp3) is 0.800. The van der Waals surface area contributed by atoms with Gasteiger partial charge < -0.3 is 0 Å². The molecule has 14 heavy (non-hydrogen) atoms. The van der Waals surface area contributed by atoms with Gasteiger partial charge in [-0.25, -0.2) is 0 Å². The minimum Gasteiger partial charge on any atom is -0.142 e. The number of halogens is 1. The maximum Gasteiger partial charge on any atom is 0.178 e. The van der Waals surface area contributed by atoms with Gasteiger partial charge in [0, 0.05) is 5.92 Å². The summed E-state index contributed by atoms with van der Waals surface area (Å²) in [7, 11) is 0. The van der Waals surface area contributed by atoms with Crippen molar-refractivity contribution in [3.63, 3.8) is 0 Å². The van der Waals surface area contributed by atoms with Crippen LogP contribution in [0.5, 0.6) is 0 Å². The third-order valence-corrected chi connectivity index (χ3v) is 4.92. The lowest BCUT2D eigenvalue weighted by molar-refractivity contribution is 0.198. The first-order chi connectivity index (χ1) is 6.59. The highest BCUT2D eigenvalue weighted by molar-refractivity contribution is 14.1. The van der Waals surface area contributed by atoms with Gasteiger partial charge in [-0.2, -0.15) is 0 Å². The van der Waals surface area contributed by atoms with Crippen LogP contribution in [0.15, 0.2) is 0 Å². The maximum atomic E-state index is 4.30. The predicted molar refractivity (Wildman–Crippen MR) is 67.6 cm³/mol. The van der Waals surface area contributed by atoms with Gasteiger partial charge in [-0.3, -0.25) is 0 Å². The Morgan fingerprint density at radius 1 is 1.36 bits per heavy atom. The van der Waals surface area contributed by atoms with Gasteiger partial charge in [0.05, 0.1) is 0 Å². The second-order valence-corrected chi connectivity index (χ2v) is 7.44. The molecule has 0 N–H and O–H groups in total. The number of hydrogen-bond donors (Lipinski definition) is 0. The van der Waals surface area contributed by atoms with E-state index < -0.39 is 0 Å². The Kier molecular flexibility index (Phi) is 3.12. The largest absolute Gasteiger partial charge is 0.178 e. The van der Waals surface area contributed by atoms with Gasteiger partial charge in [-0.05, 0) is 40.8 Å². The third-order valence-electron chi connectivity index (χ3n) is 3.22. The Hall–Kier alpha value is 0.290. The molecule has 0 aromatic carbocycles. The van der Waals surface area contributed by atoms with Crippen molar-refractivity contribution in [1.82, 2.24) is 10.2 Å².